The second kappa shape index (κ2) is 8.92. The van der Waals surface area contributed by atoms with Crippen molar-refractivity contribution in [1.29, 1.82) is 0 Å². The van der Waals surface area contributed by atoms with Crippen molar-refractivity contribution in [3.63, 3.8) is 0 Å². The Kier molecular flexibility index (Phi) is 6.90. The Balaban J connectivity index is 2.02. The van der Waals surface area contributed by atoms with E-state index in [0.29, 0.717) is 5.92 Å². The molecule has 0 radical (unpaired) electrons. The molecule has 0 aliphatic heterocycles. The third-order valence-electron chi connectivity index (χ3n) is 4.41. The second-order valence-electron chi connectivity index (χ2n) is 6.57. The van der Waals surface area contributed by atoms with Gasteiger partial charge in [0, 0.05) is 13.1 Å². The lowest BCUT2D eigenvalue weighted by Gasteiger charge is -2.18. The minimum absolute atomic E-state index is 0.701. The molecule has 0 aliphatic carbocycles. The average molecular weight is 316 g/mol. The molecule has 0 bridgehead atoms. The molecule has 1 aromatic heterocycles. The number of imidazole rings is 1. The number of anilines is 1. The highest BCUT2D eigenvalue weighted by Crippen LogP contribution is 2.21. The van der Waals surface area contributed by atoms with E-state index in [0.717, 1.165) is 50.6 Å². The summed E-state index contributed by atoms with van der Waals surface area (Å²) in [6.45, 7) is 14.4. The molecule has 0 saturated heterocycles. The first kappa shape index (κ1) is 17.8. The van der Waals surface area contributed by atoms with E-state index in [4.69, 9.17) is 4.98 Å². The number of hydrogen-bond acceptors (Lipinski definition) is 3. The van der Waals surface area contributed by atoms with Crippen LogP contribution in [0, 0.1) is 5.92 Å². The first-order valence-electron chi connectivity index (χ1n) is 9.07. The van der Waals surface area contributed by atoms with E-state index in [1.807, 2.05) is 0 Å². The standard InChI is InChI=1S/C19H32N4/c1-5-22(6-2)14-9-13-20-19-21-17-10-7-8-11-18(17)23(19)15-12-16(3)4/h7-8,10-11,16H,5-6,9,12-15H2,1-4H3,(H,20,21). The number of hydrogen-bond donors (Lipinski definition) is 1. The van der Waals surface area contributed by atoms with E-state index in [9.17, 15) is 0 Å². The van der Waals surface area contributed by atoms with Crippen molar-refractivity contribution >= 4 is 17.0 Å². The molecule has 0 aliphatic rings. The Hall–Kier alpha value is -1.55. The first-order valence-corrected chi connectivity index (χ1v) is 9.07. The first-order chi connectivity index (χ1) is 11.2. The van der Waals surface area contributed by atoms with Crippen LogP contribution in [-0.2, 0) is 6.54 Å². The lowest BCUT2D eigenvalue weighted by Crippen LogP contribution is -2.25. The molecule has 128 valence electrons. The van der Waals surface area contributed by atoms with Crippen LogP contribution in [0.5, 0.6) is 0 Å². The van der Waals surface area contributed by atoms with E-state index in [1.54, 1.807) is 0 Å². The predicted octanol–water partition coefficient (Wildman–Crippen LogP) is 4.23. The number of aryl methyl sites for hydroxylation is 1. The van der Waals surface area contributed by atoms with Gasteiger partial charge in [0.2, 0.25) is 5.95 Å². The van der Waals surface area contributed by atoms with Crippen LogP contribution >= 0.6 is 0 Å². The summed E-state index contributed by atoms with van der Waals surface area (Å²) in [5, 5.41) is 3.56. The Morgan fingerprint density at radius 2 is 1.91 bits per heavy atom. The van der Waals surface area contributed by atoms with Gasteiger partial charge in [-0.15, -0.1) is 0 Å². The molecule has 0 atom stereocenters. The largest absolute Gasteiger partial charge is 0.356 e. The summed E-state index contributed by atoms with van der Waals surface area (Å²) in [6.07, 6.45) is 2.32. The molecule has 0 unspecified atom stereocenters. The smallest absolute Gasteiger partial charge is 0.203 e. The van der Waals surface area contributed by atoms with Gasteiger partial charge in [-0.3, -0.25) is 0 Å². The molecular formula is C19H32N4. The summed E-state index contributed by atoms with van der Waals surface area (Å²) < 4.78 is 2.34. The van der Waals surface area contributed by atoms with E-state index in [1.165, 1.54) is 11.9 Å². The summed E-state index contributed by atoms with van der Waals surface area (Å²) in [4.78, 5) is 7.25. The van der Waals surface area contributed by atoms with Crippen molar-refractivity contribution in [3.8, 4) is 0 Å². The predicted molar refractivity (Wildman–Crippen MR) is 100 cm³/mol. The van der Waals surface area contributed by atoms with Gasteiger partial charge >= 0.3 is 0 Å². The summed E-state index contributed by atoms with van der Waals surface area (Å²) in [6, 6.07) is 8.43. The number of aromatic nitrogens is 2. The molecule has 0 amide bonds. The summed E-state index contributed by atoms with van der Waals surface area (Å²) in [5.74, 6) is 1.72. The van der Waals surface area contributed by atoms with Crippen LogP contribution in [0.3, 0.4) is 0 Å². The molecule has 0 saturated carbocycles. The van der Waals surface area contributed by atoms with Crippen molar-refractivity contribution in [3.05, 3.63) is 24.3 Å². The van der Waals surface area contributed by atoms with Crippen LogP contribution in [0.1, 0.15) is 40.5 Å². The van der Waals surface area contributed by atoms with Crippen LogP contribution in [0.2, 0.25) is 0 Å². The van der Waals surface area contributed by atoms with Gasteiger partial charge in [-0.25, -0.2) is 4.98 Å². The van der Waals surface area contributed by atoms with Crippen LogP contribution in [0.4, 0.5) is 5.95 Å². The third-order valence-corrected chi connectivity index (χ3v) is 4.41. The molecular weight excluding hydrogens is 284 g/mol. The van der Waals surface area contributed by atoms with Crippen LogP contribution in [0.25, 0.3) is 11.0 Å². The topological polar surface area (TPSA) is 33.1 Å². The number of para-hydroxylation sites is 2. The van der Waals surface area contributed by atoms with Gasteiger partial charge in [0.05, 0.1) is 11.0 Å². The van der Waals surface area contributed by atoms with E-state index >= 15 is 0 Å². The highest BCUT2D eigenvalue weighted by molar-refractivity contribution is 5.78. The monoisotopic (exact) mass is 316 g/mol. The number of nitrogens with zero attached hydrogens (tertiary/aromatic N) is 3. The van der Waals surface area contributed by atoms with E-state index < -0.39 is 0 Å². The van der Waals surface area contributed by atoms with Crippen LogP contribution < -0.4 is 5.32 Å². The molecule has 1 N–H and O–H groups in total. The van der Waals surface area contributed by atoms with E-state index in [-0.39, 0.29) is 0 Å². The molecule has 2 aromatic rings. The Morgan fingerprint density at radius 1 is 1.17 bits per heavy atom. The van der Waals surface area contributed by atoms with E-state index in [2.05, 4.69) is 66.7 Å². The number of benzene rings is 1. The fraction of sp³-hybridized carbons (Fsp3) is 0.632. The average Bonchev–Trinajstić information content (AvgIpc) is 2.90. The zero-order chi connectivity index (χ0) is 16.7. The van der Waals surface area contributed by atoms with Crippen molar-refractivity contribution in [1.82, 2.24) is 14.5 Å². The molecule has 2 rings (SSSR count). The maximum atomic E-state index is 4.79. The summed E-state index contributed by atoms with van der Waals surface area (Å²) in [5.41, 5.74) is 2.32. The SMILES string of the molecule is CCN(CC)CCCNc1nc2ccccc2n1CCC(C)C. The third kappa shape index (κ3) is 4.96. The zero-order valence-corrected chi connectivity index (χ0v) is 15.2. The highest BCUT2D eigenvalue weighted by atomic mass is 15.2. The minimum Gasteiger partial charge on any atom is -0.356 e. The van der Waals surface area contributed by atoms with Gasteiger partial charge in [0.25, 0.3) is 0 Å². The van der Waals surface area contributed by atoms with Crippen molar-refractivity contribution in [2.45, 2.75) is 47.1 Å². The van der Waals surface area contributed by atoms with Crippen molar-refractivity contribution in [2.75, 3.05) is 31.5 Å². The highest BCUT2D eigenvalue weighted by Gasteiger charge is 2.10. The summed E-state index contributed by atoms with van der Waals surface area (Å²) in [7, 11) is 0. The van der Waals surface area contributed by atoms with Gasteiger partial charge in [-0.05, 0) is 50.5 Å². The number of nitrogens with one attached hydrogen (secondary N) is 1. The van der Waals surface area contributed by atoms with Gasteiger partial charge in [-0.1, -0.05) is 39.8 Å². The Bertz CT molecular complexity index is 584. The fourth-order valence-electron chi connectivity index (χ4n) is 2.87. The summed E-state index contributed by atoms with van der Waals surface area (Å²) >= 11 is 0. The number of rotatable bonds is 10. The van der Waals surface area contributed by atoms with Gasteiger partial charge in [0.15, 0.2) is 0 Å². The fourth-order valence-corrected chi connectivity index (χ4v) is 2.87. The van der Waals surface area contributed by atoms with Crippen molar-refractivity contribution in [2.24, 2.45) is 5.92 Å². The zero-order valence-electron chi connectivity index (χ0n) is 15.2. The van der Waals surface area contributed by atoms with Gasteiger partial charge in [0.1, 0.15) is 0 Å². The molecule has 4 nitrogen and oxygen atoms in total. The lowest BCUT2D eigenvalue weighted by molar-refractivity contribution is 0.303. The van der Waals surface area contributed by atoms with Crippen LogP contribution in [0.15, 0.2) is 24.3 Å². The quantitative estimate of drug-likeness (QED) is 0.666. The number of fused-ring (bicyclic) bond motifs is 1. The van der Waals surface area contributed by atoms with Crippen molar-refractivity contribution < 1.29 is 0 Å². The molecule has 23 heavy (non-hydrogen) atoms. The van der Waals surface area contributed by atoms with Crippen LogP contribution in [-0.4, -0.2) is 40.6 Å². The maximum Gasteiger partial charge on any atom is 0.203 e. The van der Waals surface area contributed by atoms with Gasteiger partial charge in [-0.2, -0.15) is 0 Å². The Labute approximate surface area is 140 Å². The second-order valence-corrected chi connectivity index (χ2v) is 6.57. The van der Waals surface area contributed by atoms with Gasteiger partial charge < -0.3 is 14.8 Å². The Morgan fingerprint density at radius 3 is 2.61 bits per heavy atom. The lowest BCUT2D eigenvalue weighted by atomic mass is 10.1. The minimum atomic E-state index is 0.701. The maximum absolute atomic E-state index is 4.79. The molecule has 4 heteroatoms. The molecule has 1 heterocycles. The molecule has 1 aromatic carbocycles. The molecule has 0 spiro atoms. The normalized spacial score (nSPS) is 11.7. The molecule has 0 fully saturated rings.